The van der Waals surface area contributed by atoms with Crippen LogP contribution in [0.2, 0.25) is 0 Å². The van der Waals surface area contributed by atoms with Gasteiger partial charge in [0.1, 0.15) is 0 Å². The van der Waals surface area contributed by atoms with E-state index >= 15 is 0 Å². The molecule has 0 rings (SSSR count). The molecule has 14 heavy (non-hydrogen) atoms. The number of carbonyl (C=O) groups is 2. The highest BCUT2D eigenvalue weighted by Crippen LogP contribution is 2.27. The molecule has 1 amide bonds. The second-order valence-electron chi connectivity index (χ2n) is 3.98. The van der Waals surface area contributed by atoms with E-state index in [0.29, 0.717) is 6.61 Å². The first-order chi connectivity index (χ1) is 6.34. The van der Waals surface area contributed by atoms with Crippen LogP contribution in [0.25, 0.3) is 0 Å². The molecule has 0 saturated carbocycles. The minimum absolute atomic E-state index is 0.370. The standard InChI is InChI=1S/C10H19NO3/c1-5-6-14-9(13)10(3,4)7(2)8(11)12/h7H,5-6H2,1-4H3,(H2,11,12). The second-order valence-corrected chi connectivity index (χ2v) is 3.98. The average Bonchev–Trinajstić information content (AvgIpc) is 2.12. The van der Waals surface area contributed by atoms with Crippen molar-refractivity contribution in [3.8, 4) is 0 Å². The van der Waals surface area contributed by atoms with Crippen molar-refractivity contribution in [2.24, 2.45) is 17.1 Å². The predicted molar refractivity (Wildman–Crippen MR) is 53.4 cm³/mol. The summed E-state index contributed by atoms with van der Waals surface area (Å²) in [5.74, 6) is -1.37. The molecule has 0 spiro atoms. The average molecular weight is 201 g/mol. The van der Waals surface area contributed by atoms with Crippen molar-refractivity contribution in [3.63, 3.8) is 0 Å². The van der Waals surface area contributed by atoms with Gasteiger partial charge in [-0.15, -0.1) is 0 Å². The molecule has 0 aliphatic rings. The van der Waals surface area contributed by atoms with Gasteiger partial charge in [0.05, 0.1) is 17.9 Å². The van der Waals surface area contributed by atoms with Gasteiger partial charge >= 0.3 is 5.97 Å². The molecule has 4 heteroatoms. The maximum atomic E-state index is 11.5. The van der Waals surface area contributed by atoms with E-state index in [0.717, 1.165) is 6.42 Å². The summed E-state index contributed by atoms with van der Waals surface area (Å²) in [6.45, 7) is 7.27. The molecule has 0 aliphatic heterocycles. The minimum atomic E-state index is -0.846. The maximum Gasteiger partial charge on any atom is 0.312 e. The molecule has 1 atom stereocenters. The summed E-state index contributed by atoms with van der Waals surface area (Å²) in [5.41, 5.74) is 4.30. The summed E-state index contributed by atoms with van der Waals surface area (Å²) in [4.78, 5) is 22.5. The Morgan fingerprint density at radius 1 is 1.43 bits per heavy atom. The summed E-state index contributed by atoms with van der Waals surface area (Å²) < 4.78 is 4.98. The van der Waals surface area contributed by atoms with Crippen LogP contribution in [0.15, 0.2) is 0 Å². The third-order valence-corrected chi connectivity index (χ3v) is 2.47. The van der Waals surface area contributed by atoms with Crippen molar-refractivity contribution in [3.05, 3.63) is 0 Å². The van der Waals surface area contributed by atoms with E-state index < -0.39 is 17.2 Å². The number of primary amides is 1. The highest BCUT2D eigenvalue weighted by Gasteiger charge is 2.38. The second kappa shape index (κ2) is 4.98. The highest BCUT2D eigenvalue weighted by molar-refractivity contribution is 5.86. The fourth-order valence-electron chi connectivity index (χ4n) is 0.913. The van der Waals surface area contributed by atoms with Gasteiger partial charge in [-0.25, -0.2) is 0 Å². The van der Waals surface area contributed by atoms with Crippen molar-refractivity contribution < 1.29 is 14.3 Å². The molecule has 2 N–H and O–H groups in total. The number of esters is 1. The van der Waals surface area contributed by atoms with Gasteiger partial charge in [0.25, 0.3) is 0 Å². The Hall–Kier alpha value is -1.06. The smallest absolute Gasteiger partial charge is 0.312 e. The first-order valence-electron chi connectivity index (χ1n) is 4.80. The van der Waals surface area contributed by atoms with E-state index in [1.165, 1.54) is 0 Å². The van der Waals surface area contributed by atoms with E-state index in [2.05, 4.69) is 0 Å². The lowest BCUT2D eigenvalue weighted by Gasteiger charge is -2.26. The summed E-state index contributed by atoms with van der Waals surface area (Å²) in [6, 6.07) is 0. The van der Waals surface area contributed by atoms with Gasteiger partial charge < -0.3 is 10.5 Å². The zero-order valence-corrected chi connectivity index (χ0v) is 9.29. The molecular formula is C10H19NO3. The zero-order valence-electron chi connectivity index (χ0n) is 9.29. The number of amides is 1. The van der Waals surface area contributed by atoms with Gasteiger partial charge in [0.15, 0.2) is 0 Å². The quantitative estimate of drug-likeness (QED) is 0.677. The van der Waals surface area contributed by atoms with Gasteiger partial charge in [0, 0.05) is 0 Å². The molecule has 0 fully saturated rings. The number of hydrogen-bond acceptors (Lipinski definition) is 3. The molecule has 0 saturated heterocycles. The van der Waals surface area contributed by atoms with Crippen LogP contribution >= 0.6 is 0 Å². The normalized spacial score (nSPS) is 13.4. The fraction of sp³-hybridized carbons (Fsp3) is 0.800. The Morgan fingerprint density at radius 2 is 1.93 bits per heavy atom. The van der Waals surface area contributed by atoms with Crippen molar-refractivity contribution >= 4 is 11.9 Å². The molecular weight excluding hydrogens is 182 g/mol. The van der Waals surface area contributed by atoms with E-state index in [9.17, 15) is 9.59 Å². The maximum absolute atomic E-state index is 11.5. The molecule has 0 aromatic heterocycles. The van der Waals surface area contributed by atoms with Gasteiger partial charge in [-0.2, -0.15) is 0 Å². The summed E-state index contributed by atoms with van der Waals surface area (Å²) in [5, 5.41) is 0. The Morgan fingerprint density at radius 3 is 2.29 bits per heavy atom. The molecule has 82 valence electrons. The van der Waals surface area contributed by atoms with Gasteiger partial charge in [-0.1, -0.05) is 13.8 Å². The number of nitrogens with two attached hydrogens (primary N) is 1. The van der Waals surface area contributed by atoms with Crippen LogP contribution in [0.3, 0.4) is 0 Å². The number of hydrogen-bond donors (Lipinski definition) is 1. The lowest BCUT2D eigenvalue weighted by Crippen LogP contribution is -2.40. The molecule has 0 aromatic rings. The van der Waals surface area contributed by atoms with Crippen LogP contribution in [0.5, 0.6) is 0 Å². The third-order valence-electron chi connectivity index (χ3n) is 2.47. The molecule has 0 bridgehead atoms. The van der Waals surface area contributed by atoms with Crippen LogP contribution in [0, 0.1) is 11.3 Å². The molecule has 4 nitrogen and oxygen atoms in total. The SMILES string of the molecule is CCCOC(=O)C(C)(C)C(C)C(N)=O. The Bertz CT molecular complexity index is 223. The summed E-state index contributed by atoms with van der Waals surface area (Å²) in [6.07, 6.45) is 0.771. The molecule has 0 aromatic carbocycles. The van der Waals surface area contributed by atoms with E-state index in [-0.39, 0.29) is 5.97 Å². The van der Waals surface area contributed by atoms with Crippen LogP contribution in [-0.4, -0.2) is 18.5 Å². The lowest BCUT2D eigenvalue weighted by atomic mass is 9.79. The Kier molecular flexibility index (Phi) is 4.60. The Labute approximate surface area is 84.8 Å². The first-order valence-corrected chi connectivity index (χ1v) is 4.80. The first kappa shape index (κ1) is 12.9. The molecule has 0 radical (unpaired) electrons. The van der Waals surface area contributed by atoms with Gasteiger partial charge in [-0.05, 0) is 20.3 Å². The van der Waals surface area contributed by atoms with Gasteiger partial charge in [-0.3, -0.25) is 9.59 Å². The number of rotatable bonds is 5. The number of carbonyl (C=O) groups excluding carboxylic acids is 2. The van der Waals surface area contributed by atoms with E-state index in [1.807, 2.05) is 6.92 Å². The van der Waals surface area contributed by atoms with Crippen LogP contribution in [-0.2, 0) is 14.3 Å². The summed E-state index contributed by atoms with van der Waals surface area (Å²) >= 11 is 0. The molecule has 0 heterocycles. The zero-order chi connectivity index (χ0) is 11.4. The minimum Gasteiger partial charge on any atom is -0.465 e. The van der Waals surface area contributed by atoms with Crippen molar-refractivity contribution in [1.29, 1.82) is 0 Å². The third kappa shape index (κ3) is 3.01. The van der Waals surface area contributed by atoms with E-state index in [4.69, 9.17) is 10.5 Å². The fourth-order valence-corrected chi connectivity index (χ4v) is 0.913. The topological polar surface area (TPSA) is 69.4 Å². The summed E-state index contributed by atoms with van der Waals surface area (Å²) in [7, 11) is 0. The lowest BCUT2D eigenvalue weighted by molar-refractivity contribution is -0.159. The van der Waals surface area contributed by atoms with Crippen molar-refractivity contribution in [2.75, 3.05) is 6.61 Å². The Balaban J connectivity index is 4.44. The van der Waals surface area contributed by atoms with Crippen molar-refractivity contribution in [1.82, 2.24) is 0 Å². The van der Waals surface area contributed by atoms with Gasteiger partial charge in [0.2, 0.25) is 5.91 Å². The largest absolute Gasteiger partial charge is 0.465 e. The molecule has 0 aliphatic carbocycles. The van der Waals surface area contributed by atoms with Crippen molar-refractivity contribution in [2.45, 2.75) is 34.1 Å². The number of ether oxygens (including phenoxy) is 1. The monoisotopic (exact) mass is 201 g/mol. The highest BCUT2D eigenvalue weighted by atomic mass is 16.5. The van der Waals surface area contributed by atoms with Crippen LogP contribution < -0.4 is 5.73 Å². The van der Waals surface area contributed by atoms with Crippen LogP contribution in [0.4, 0.5) is 0 Å². The molecule has 1 unspecified atom stereocenters. The van der Waals surface area contributed by atoms with E-state index in [1.54, 1.807) is 20.8 Å². The van der Waals surface area contributed by atoms with Crippen LogP contribution in [0.1, 0.15) is 34.1 Å². The predicted octanol–water partition coefficient (Wildman–Crippen LogP) is 1.09.